The van der Waals surface area contributed by atoms with Crippen LogP contribution in [0.1, 0.15) is 18.4 Å². The first-order valence-electron chi connectivity index (χ1n) is 6.86. The molecule has 21 heavy (non-hydrogen) atoms. The van der Waals surface area contributed by atoms with E-state index < -0.39 is 15.8 Å². The summed E-state index contributed by atoms with van der Waals surface area (Å²) < 4.78 is 40.1. The van der Waals surface area contributed by atoms with E-state index in [1.165, 1.54) is 16.4 Å². The standard InChI is InChI=1S/C14H21FN2O2S.ClH/c1-11-5-6-13(15)8-14(11)20(18,19)17-7-3-4-12(10-17)9-16-2;/h5-6,8,12,16H,3-4,7,9-10H2,1-2H3;1H. The molecule has 0 bridgehead atoms. The van der Waals surface area contributed by atoms with E-state index in [-0.39, 0.29) is 17.3 Å². The molecule has 0 radical (unpaired) electrons. The van der Waals surface area contributed by atoms with Gasteiger partial charge in [0.1, 0.15) is 5.82 Å². The number of hydrogen-bond donors (Lipinski definition) is 1. The van der Waals surface area contributed by atoms with E-state index in [1.54, 1.807) is 6.92 Å². The van der Waals surface area contributed by atoms with Crippen LogP contribution in [0.3, 0.4) is 0 Å². The molecule has 1 aliphatic heterocycles. The zero-order chi connectivity index (χ0) is 14.8. The molecule has 1 N–H and O–H groups in total. The Kier molecular flexibility index (Phi) is 6.59. The van der Waals surface area contributed by atoms with Crippen LogP contribution in [0.15, 0.2) is 23.1 Å². The van der Waals surface area contributed by atoms with Crippen LogP contribution >= 0.6 is 12.4 Å². The monoisotopic (exact) mass is 336 g/mol. The second-order valence-electron chi connectivity index (χ2n) is 5.34. The summed E-state index contributed by atoms with van der Waals surface area (Å²) in [6.07, 6.45) is 1.87. The van der Waals surface area contributed by atoms with E-state index in [1.807, 2.05) is 7.05 Å². The van der Waals surface area contributed by atoms with Gasteiger partial charge in [0, 0.05) is 13.1 Å². The third-order valence-electron chi connectivity index (χ3n) is 3.74. The fourth-order valence-electron chi connectivity index (χ4n) is 2.69. The largest absolute Gasteiger partial charge is 0.319 e. The Balaban J connectivity index is 0.00000220. The molecule has 4 nitrogen and oxygen atoms in total. The lowest BCUT2D eigenvalue weighted by Gasteiger charge is -2.32. The van der Waals surface area contributed by atoms with Crippen molar-refractivity contribution in [1.29, 1.82) is 0 Å². The van der Waals surface area contributed by atoms with Gasteiger partial charge in [-0.25, -0.2) is 12.8 Å². The Morgan fingerprint density at radius 2 is 2.14 bits per heavy atom. The van der Waals surface area contributed by atoms with Gasteiger partial charge in [-0.15, -0.1) is 12.4 Å². The van der Waals surface area contributed by atoms with Crippen LogP contribution < -0.4 is 5.32 Å². The van der Waals surface area contributed by atoms with Crippen molar-refractivity contribution in [3.63, 3.8) is 0 Å². The zero-order valence-electron chi connectivity index (χ0n) is 12.3. The van der Waals surface area contributed by atoms with Crippen LogP contribution in [0.2, 0.25) is 0 Å². The second-order valence-corrected chi connectivity index (χ2v) is 7.25. The Morgan fingerprint density at radius 3 is 2.81 bits per heavy atom. The van der Waals surface area contributed by atoms with Crippen molar-refractivity contribution in [1.82, 2.24) is 9.62 Å². The number of rotatable bonds is 4. The molecule has 1 saturated heterocycles. The van der Waals surface area contributed by atoms with Crippen molar-refractivity contribution in [2.75, 3.05) is 26.7 Å². The zero-order valence-corrected chi connectivity index (χ0v) is 13.9. The summed E-state index contributed by atoms with van der Waals surface area (Å²) in [5, 5.41) is 3.09. The fraction of sp³-hybridized carbons (Fsp3) is 0.571. The van der Waals surface area contributed by atoms with Crippen LogP contribution in [0.5, 0.6) is 0 Å². The van der Waals surface area contributed by atoms with Gasteiger partial charge in [-0.05, 0) is 57.0 Å². The smallest absolute Gasteiger partial charge is 0.243 e. The molecule has 0 aliphatic carbocycles. The summed E-state index contributed by atoms with van der Waals surface area (Å²) in [6.45, 7) is 3.51. The first-order chi connectivity index (χ1) is 9.45. The average molecular weight is 337 g/mol. The highest BCUT2D eigenvalue weighted by Crippen LogP contribution is 2.25. The normalized spacial score (nSPS) is 20.0. The van der Waals surface area contributed by atoms with Gasteiger partial charge >= 0.3 is 0 Å². The summed E-state index contributed by atoms with van der Waals surface area (Å²) >= 11 is 0. The summed E-state index contributed by atoms with van der Waals surface area (Å²) in [4.78, 5) is 0.0857. The molecule has 2 rings (SSSR count). The van der Waals surface area contributed by atoms with Crippen molar-refractivity contribution in [2.45, 2.75) is 24.7 Å². The molecule has 1 atom stereocenters. The predicted octanol–water partition coefficient (Wildman–Crippen LogP) is 2.18. The van der Waals surface area contributed by atoms with E-state index in [2.05, 4.69) is 5.32 Å². The number of benzene rings is 1. The van der Waals surface area contributed by atoms with Crippen molar-refractivity contribution in [3.8, 4) is 0 Å². The van der Waals surface area contributed by atoms with Crippen molar-refractivity contribution in [2.24, 2.45) is 5.92 Å². The van der Waals surface area contributed by atoms with Crippen molar-refractivity contribution < 1.29 is 12.8 Å². The number of aryl methyl sites for hydroxylation is 1. The highest BCUT2D eigenvalue weighted by atomic mass is 35.5. The molecular formula is C14H22ClFN2O2S. The molecule has 1 heterocycles. The maximum absolute atomic E-state index is 13.3. The van der Waals surface area contributed by atoms with Crippen LogP contribution in [-0.4, -0.2) is 39.4 Å². The molecule has 7 heteroatoms. The van der Waals surface area contributed by atoms with Gasteiger partial charge in [0.15, 0.2) is 0 Å². The highest BCUT2D eigenvalue weighted by molar-refractivity contribution is 7.89. The maximum Gasteiger partial charge on any atom is 0.243 e. The first kappa shape index (κ1) is 18.4. The van der Waals surface area contributed by atoms with Gasteiger partial charge in [-0.3, -0.25) is 0 Å². The molecule has 1 aliphatic rings. The summed E-state index contributed by atoms with van der Waals surface area (Å²) in [7, 11) is -1.74. The number of nitrogens with one attached hydrogen (secondary N) is 1. The minimum atomic E-state index is -3.60. The highest BCUT2D eigenvalue weighted by Gasteiger charge is 2.31. The lowest BCUT2D eigenvalue weighted by atomic mass is 10.00. The lowest BCUT2D eigenvalue weighted by Crippen LogP contribution is -2.42. The SMILES string of the molecule is CNCC1CCCN(S(=O)(=O)c2cc(F)ccc2C)C1.Cl. The third kappa shape index (κ3) is 4.16. The molecule has 0 amide bonds. The Hall–Kier alpha value is -0.690. The van der Waals surface area contributed by atoms with Crippen LogP contribution in [0.4, 0.5) is 4.39 Å². The van der Waals surface area contributed by atoms with Gasteiger partial charge in [0.05, 0.1) is 4.90 Å². The minimum absolute atomic E-state index is 0. The summed E-state index contributed by atoms with van der Waals surface area (Å²) in [6, 6.07) is 3.91. The van der Waals surface area contributed by atoms with Gasteiger partial charge in [0.2, 0.25) is 10.0 Å². The van der Waals surface area contributed by atoms with Gasteiger partial charge in [0.25, 0.3) is 0 Å². The number of nitrogens with zero attached hydrogens (tertiary/aromatic N) is 1. The van der Waals surface area contributed by atoms with E-state index >= 15 is 0 Å². The van der Waals surface area contributed by atoms with Crippen LogP contribution in [-0.2, 0) is 10.0 Å². The second kappa shape index (κ2) is 7.54. The van der Waals surface area contributed by atoms with Gasteiger partial charge < -0.3 is 5.32 Å². The summed E-state index contributed by atoms with van der Waals surface area (Å²) in [5.74, 6) is -0.199. The number of sulfonamides is 1. The topological polar surface area (TPSA) is 49.4 Å². The van der Waals surface area contributed by atoms with Crippen molar-refractivity contribution >= 4 is 22.4 Å². The molecule has 120 valence electrons. The quantitative estimate of drug-likeness (QED) is 0.916. The molecule has 1 unspecified atom stereocenters. The molecule has 1 fully saturated rings. The van der Waals surface area contributed by atoms with E-state index in [9.17, 15) is 12.8 Å². The van der Waals surface area contributed by atoms with E-state index in [0.717, 1.165) is 25.5 Å². The van der Waals surface area contributed by atoms with Gasteiger partial charge in [-0.2, -0.15) is 4.31 Å². The molecule has 1 aromatic carbocycles. The predicted molar refractivity (Wildman–Crippen MR) is 83.8 cm³/mol. The Labute approximate surface area is 132 Å². The lowest BCUT2D eigenvalue weighted by molar-refractivity contribution is 0.263. The average Bonchev–Trinajstić information content (AvgIpc) is 2.42. The first-order valence-corrected chi connectivity index (χ1v) is 8.30. The molecule has 0 saturated carbocycles. The number of piperidine rings is 1. The summed E-state index contributed by atoms with van der Waals surface area (Å²) in [5.41, 5.74) is 0.585. The van der Waals surface area contributed by atoms with Gasteiger partial charge in [-0.1, -0.05) is 6.07 Å². The number of halogens is 2. The van der Waals surface area contributed by atoms with Crippen molar-refractivity contribution in [3.05, 3.63) is 29.6 Å². The maximum atomic E-state index is 13.3. The van der Waals surface area contributed by atoms with E-state index in [0.29, 0.717) is 24.6 Å². The minimum Gasteiger partial charge on any atom is -0.319 e. The van der Waals surface area contributed by atoms with Crippen LogP contribution in [0.25, 0.3) is 0 Å². The molecule has 1 aromatic rings. The Bertz CT molecular complexity index is 578. The van der Waals surface area contributed by atoms with E-state index in [4.69, 9.17) is 0 Å². The van der Waals surface area contributed by atoms with Crippen LogP contribution in [0, 0.1) is 18.7 Å². The molecular weight excluding hydrogens is 315 g/mol. The third-order valence-corrected chi connectivity index (χ3v) is 5.75. The molecule has 0 aromatic heterocycles. The fourth-order valence-corrected chi connectivity index (χ4v) is 4.48. The Morgan fingerprint density at radius 1 is 1.43 bits per heavy atom. The number of hydrogen-bond acceptors (Lipinski definition) is 3. The molecule has 0 spiro atoms.